The highest BCUT2D eigenvalue weighted by Crippen LogP contribution is 2.34. The molecular formula is C19H26N2O3. The van der Waals surface area contributed by atoms with E-state index in [4.69, 9.17) is 9.47 Å². The zero-order chi connectivity index (χ0) is 16.5. The molecule has 3 aliphatic rings. The maximum atomic E-state index is 12.2. The third kappa shape index (κ3) is 2.91. The summed E-state index contributed by atoms with van der Waals surface area (Å²) in [6.07, 6.45) is 4.15. The first-order valence-electron chi connectivity index (χ1n) is 9.04. The van der Waals surface area contributed by atoms with Crippen molar-refractivity contribution in [2.24, 2.45) is 0 Å². The topological polar surface area (TPSA) is 42.0 Å². The average molecular weight is 330 g/mol. The molecule has 0 aliphatic carbocycles. The van der Waals surface area contributed by atoms with Gasteiger partial charge in [-0.15, -0.1) is 0 Å². The van der Waals surface area contributed by atoms with Gasteiger partial charge >= 0.3 is 0 Å². The fourth-order valence-corrected chi connectivity index (χ4v) is 4.47. The predicted molar refractivity (Wildman–Crippen MR) is 90.9 cm³/mol. The van der Waals surface area contributed by atoms with Gasteiger partial charge in [0.1, 0.15) is 5.75 Å². The molecule has 4 rings (SSSR count). The van der Waals surface area contributed by atoms with Crippen molar-refractivity contribution in [3.05, 3.63) is 29.8 Å². The van der Waals surface area contributed by atoms with Gasteiger partial charge in [0.15, 0.2) is 0 Å². The molecule has 3 heterocycles. The number of nitrogens with zero attached hydrogens (tertiary/aromatic N) is 2. The van der Waals surface area contributed by atoms with Gasteiger partial charge in [0.25, 0.3) is 0 Å². The summed E-state index contributed by atoms with van der Waals surface area (Å²) in [4.78, 5) is 16.8. The lowest BCUT2D eigenvalue weighted by Gasteiger charge is -2.34. The van der Waals surface area contributed by atoms with E-state index in [1.807, 2.05) is 12.1 Å². The minimum atomic E-state index is 0.180. The second-order valence-electron chi connectivity index (χ2n) is 7.08. The van der Waals surface area contributed by atoms with Gasteiger partial charge in [0.2, 0.25) is 5.91 Å². The predicted octanol–water partition coefficient (Wildman–Crippen LogP) is 2.05. The SMILES string of the molecule is COc1ccc(CN2C[C@H](N3CCCC3=O)[C@@H]3OCCC[C@@H]32)cc1. The number of ether oxygens (including phenoxy) is 2. The number of fused-ring (bicyclic) bond motifs is 1. The second-order valence-corrected chi connectivity index (χ2v) is 7.08. The Labute approximate surface area is 143 Å². The Morgan fingerprint density at radius 1 is 1.21 bits per heavy atom. The van der Waals surface area contributed by atoms with E-state index in [0.29, 0.717) is 18.4 Å². The minimum absolute atomic E-state index is 0.180. The van der Waals surface area contributed by atoms with E-state index in [0.717, 1.165) is 44.8 Å². The van der Waals surface area contributed by atoms with E-state index < -0.39 is 0 Å². The van der Waals surface area contributed by atoms with Gasteiger partial charge in [0, 0.05) is 38.7 Å². The summed E-state index contributed by atoms with van der Waals surface area (Å²) in [7, 11) is 1.69. The molecule has 0 radical (unpaired) electrons. The molecule has 3 aliphatic heterocycles. The van der Waals surface area contributed by atoms with Crippen LogP contribution >= 0.6 is 0 Å². The van der Waals surface area contributed by atoms with Gasteiger partial charge in [0.05, 0.1) is 19.3 Å². The molecule has 1 amide bonds. The second kappa shape index (κ2) is 6.73. The van der Waals surface area contributed by atoms with Gasteiger partial charge in [-0.3, -0.25) is 9.69 Å². The van der Waals surface area contributed by atoms with Crippen molar-refractivity contribution in [2.45, 2.75) is 50.4 Å². The van der Waals surface area contributed by atoms with Crippen molar-refractivity contribution in [1.82, 2.24) is 9.80 Å². The molecule has 3 saturated heterocycles. The molecule has 0 saturated carbocycles. The summed E-state index contributed by atoms with van der Waals surface area (Å²) >= 11 is 0. The lowest BCUT2D eigenvalue weighted by Crippen LogP contribution is -2.48. The lowest BCUT2D eigenvalue weighted by atomic mass is 10.00. The quantitative estimate of drug-likeness (QED) is 0.847. The normalized spacial score (nSPS) is 30.6. The first-order valence-corrected chi connectivity index (χ1v) is 9.04. The van der Waals surface area contributed by atoms with Crippen LogP contribution in [0.1, 0.15) is 31.2 Å². The van der Waals surface area contributed by atoms with E-state index in [-0.39, 0.29) is 12.1 Å². The summed E-state index contributed by atoms with van der Waals surface area (Å²) in [5.74, 6) is 1.19. The Kier molecular flexibility index (Phi) is 4.46. The molecule has 0 aromatic heterocycles. The number of likely N-dealkylation sites (tertiary alicyclic amines) is 2. The van der Waals surface area contributed by atoms with Crippen LogP contribution in [0, 0.1) is 0 Å². The van der Waals surface area contributed by atoms with Crippen molar-refractivity contribution in [3.8, 4) is 5.75 Å². The monoisotopic (exact) mass is 330 g/mol. The number of amides is 1. The molecular weight excluding hydrogens is 304 g/mol. The molecule has 130 valence electrons. The standard InChI is InChI=1S/C19H26N2O3/c1-23-15-8-6-14(7-9-15)12-20-13-17(21-10-2-5-18(21)22)19-16(20)4-3-11-24-19/h6-9,16-17,19H,2-5,10-13H2,1H3/t16-,17-,19+/m0/s1. The number of hydrogen-bond donors (Lipinski definition) is 0. The molecule has 1 aromatic carbocycles. The van der Waals surface area contributed by atoms with E-state index >= 15 is 0 Å². The van der Waals surface area contributed by atoms with Gasteiger partial charge in [-0.05, 0) is 37.0 Å². The smallest absolute Gasteiger partial charge is 0.223 e. The Bertz CT molecular complexity index is 589. The summed E-state index contributed by atoms with van der Waals surface area (Å²) in [5.41, 5.74) is 1.29. The van der Waals surface area contributed by atoms with Crippen molar-refractivity contribution in [2.75, 3.05) is 26.8 Å². The fraction of sp³-hybridized carbons (Fsp3) is 0.632. The highest BCUT2D eigenvalue weighted by molar-refractivity contribution is 5.78. The van der Waals surface area contributed by atoms with Crippen LogP contribution in [0.5, 0.6) is 5.75 Å². The van der Waals surface area contributed by atoms with Crippen molar-refractivity contribution in [1.29, 1.82) is 0 Å². The third-order valence-electron chi connectivity index (χ3n) is 5.66. The molecule has 24 heavy (non-hydrogen) atoms. The number of rotatable bonds is 4. The van der Waals surface area contributed by atoms with Crippen LogP contribution in [-0.4, -0.2) is 60.7 Å². The Balaban J connectivity index is 1.50. The number of methoxy groups -OCH3 is 1. The van der Waals surface area contributed by atoms with Gasteiger partial charge in [-0.25, -0.2) is 0 Å². The van der Waals surface area contributed by atoms with Crippen molar-refractivity contribution in [3.63, 3.8) is 0 Å². The highest BCUT2D eigenvalue weighted by Gasteiger charge is 2.48. The lowest BCUT2D eigenvalue weighted by molar-refractivity contribution is -0.132. The zero-order valence-electron chi connectivity index (χ0n) is 14.3. The van der Waals surface area contributed by atoms with Crippen molar-refractivity contribution >= 4 is 5.91 Å². The van der Waals surface area contributed by atoms with Crippen LogP contribution in [-0.2, 0) is 16.1 Å². The molecule has 0 spiro atoms. The summed E-state index contributed by atoms with van der Waals surface area (Å²) < 4.78 is 11.4. The number of carbonyl (C=O) groups is 1. The molecule has 3 atom stereocenters. The molecule has 0 unspecified atom stereocenters. The molecule has 0 N–H and O–H groups in total. The third-order valence-corrected chi connectivity index (χ3v) is 5.66. The van der Waals surface area contributed by atoms with Gasteiger partial charge < -0.3 is 14.4 Å². The largest absolute Gasteiger partial charge is 0.497 e. The first-order chi connectivity index (χ1) is 11.8. The van der Waals surface area contributed by atoms with E-state index in [9.17, 15) is 4.79 Å². The molecule has 5 nitrogen and oxygen atoms in total. The molecule has 3 fully saturated rings. The maximum absolute atomic E-state index is 12.2. The summed E-state index contributed by atoms with van der Waals surface area (Å²) in [6, 6.07) is 8.95. The maximum Gasteiger partial charge on any atom is 0.223 e. The van der Waals surface area contributed by atoms with Crippen LogP contribution in [0.15, 0.2) is 24.3 Å². The Morgan fingerprint density at radius 3 is 2.75 bits per heavy atom. The summed E-state index contributed by atoms with van der Waals surface area (Å²) in [6.45, 7) is 3.56. The summed E-state index contributed by atoms with van der Waals surface area (Å²) in [5, 5.41) is 0. The highest BCUT2D eigenvalue weighted by atomic mass is 16.5. The minimum Gasteiger partial charge on any atom is -0.497 e. The van der Waals surface area contributed by atoms with Crippen LogP contribution in [0.4, 0.5) is 0 Å². The number of hydrogen-bond acceptors (Lipinski definition) is 4. The van der Waals surface area contributed by atoms with Gasteiger partial charge in [-0.1, -0.05) is 12.1 Å². The van der Waals surface area contributed by atoms with Crippen molar-refractivity contribution < 1.29 is 14.3 Å². The molecule has 5 heteroatoms. The Hall–Kier alpha value is -1.59. The van der Waals surface area contributed by atoms with Crippen LogP contribution in [0.25, 0.3) is 0 Å². The first kappa shape index (κ1) is 15.9. The molecule has 1 aromatic rings. The van der Waals surface area contributed by atoms with Crippen LogP contribution in [0.3, 0.4) is 0 Å². The number of carbonyl (C=O) groups excluding carboxylic acids is 1. The van der Waals surface area contributed by atoms with Crippen LogP contribution in [0.2, 0.25) is 0 Å². The average Bonchev–Trinajstić information content (AvgIpc) is 3.19. The molecule has 0 bridgehead atoms. The zero-order valence-corrected chi connectivity index (χ0v) is 14.3. The van der Waals surface area contributed by atoms with E-state index in [1.54, 1.807) is 7.11 Å². The van der Waals surface area contributed by atoms with E-state index in [2.05, 4.69) is 21.9 Å². The van der Waals surface area contributed by atoms with Crippen LogP contribution < -0.4 is 4.74 Å². The Morgan fingerprint density at radius 2 is 2.04 bits per heavy atom. The number of benzene rings is 1. The fourth-order valence-electron chi connectivity index (χ4n) is 4.47. The van der Waals surface area contributed by atoms with Gasteiger partial charge in [-0.2, -0.15) is 0 Å². The van der Waals surface area contributed by atoms with E-state index in [1.165, 1.54) is 12.0 Å².